The van der Waals surface area contributed by atoms with Crippen LogP contribution in [0.2, 0.25) is 0 Å². The summed E-state index contributed by atoms with van der Waals surface area (Å²) in [7, 11) is -3.24. The summed E-state index contributed by atoms with van der Waals surface area (Å²) in [6.45, 7) is 4.86. The van der Waals surface area contributed by atoms with Gasteiger partial charge in [-0.3, -0.25) is 0 Å². The van der Waals surface area contributed by atoms with Gasteiger partial charge in [-0.2, -0.15) is 0 Å². The van der Waals surface area contributed by atoms with E-state index in [0.29, 0.717) is 23.9 Å². The lowest BCUT2D eigenvalue weighted by Crippen LogP contribution is -2.49. The zero-order valence-corrected chi connectivity index (χ0v) is 13.3. The maximum Gasteiger partial charge on any atom is 0.180 e. The summed E-state index contributed by atoms with van der Waals surface area (Å²) in [5.41, 5.74) is 0.750. The predicted molar refractivity (Wildman–Crippen MR) is 81.4 cm³/mol. The van der Waals surface area contributed by atoms with Crippen molar-refractivity contribution < 1.29 is 13.2 Å². The molecule has 0 aromatic heterocycles. The highest BCUT2D eigenvalue weighted by Gasteiger charge is 2.29. The molecule has 0 aliphatic carbocycles. The molecule has 0 amide bonds. The molecule has 1 aliphatic rings. The first kappa shape index (κ1) is 15.6. The number of morpholine rings is 1. The Kier molecular flexibility index (Phi) is 4.94. The van der Waals surface area contributed by atoms with Crippen LogP contribution in [0.1, 0.15) is 13.8 Å². The SMILES string of the molecule is CCS(=O)(=O)c1ccccc1N1CC(CCl)OCC1C. The molecule has 1 saturated heterocycles. The van der Waals surface area contributed by atoms with Crippen molar-refractivity contribution in [2.45, 2.75) is 30.9 Å². The minimum absolute atomic E-state index is 0.0646. The first-order valence-corrected chi connectivity index (χ1v) is 8.94. The maximum absolute atomic E-state index is 12.2. The van der Waals surface area contributed by atoms with E-state index in [1.807, 2.05) is 19.1 Å². The molecule has 20 heavy (non-hydrogen) atoms. The standard InChI is InChI=1S/C14H20ClNO3S/c1-3-20(17,18)14-7-5-4-6-13(14)16-9-12(8-15)19-10-11(16)2/h4-7,11-12H,3,8-10H2,1-2H3. The summed E-state index contributed by atoms with van der Waals surface area (Å²) in [6, 6.07) is 7.28. The van der Waals surface area contributed by atoms with E-state index in [9.17, 15) is 8.42 Å². The molecule has 1 aliphatic heterocycles. The number of hydrogen-bond acceptors (Lipinski definition) is 4. The van der Waals surface area contributed by atoms with Gasteiger partial charge in [0.05, 0.1) is 34.9 Å². The summed E-state index contributed by atoms with van der Waals surface area (Å²) in [4.78, 5) is 2.48. The van der Waals surface area contributed by atoms with Gasteiger partial charge in [-0.15, -0.1) is 11.6 Å². The van der Waals surface area contributed by atoms with E-state index in [1.54, 1.807) is 19.1 Å². The second-order valence-electron chi connectivity index (χ2n) is 4.98. The average Bonchev–Trinajstić information content (AvgIpc) is 2.48. The molecule has 0 bridgehead atoms. The summed E-state index contributed by atoms with van der Waals surface area (Å²) in [5, 5.41) is 0. The Labute approximate surface area is 125 Å². The Morgan fingerprint density at radius 2 is 2.10 bits per heavy atom. The summed E-state index contributed by atoms with van der Waals surface area (Å²) >= 11 is 5.87. The highest BCUT2D eigenvalue weighted by atomic mass is 35.5. The second-order valence-corrected chi connectivity index (χ2v) is 7.54. The average molecular weight is 318 g/mol. The number of rotatable bonds is 4. The molecule has 1 heterocycles. The number of halogens is 1. The van der Waals surface area contributed by atoms with Crippen molar-refractivity contribution in [1.29, 1.82) is 0 Å². The number of anilines is 1. The molecule has 6 heteroatoms. The van der Waals surface area contributed by atoms with Crippen molar-refractivity contribution in [3.8, 4) is 0 Å². The normalized spacial score (nSPS) is 23.9. The third-order valence-corrected chi connectivity index (χ3v) is 5.69. The molecular weight excluding hydrogens is 298 g/mol. The van der Waals surface area contributed by atoms with Gasteiger partial charge in [0.2, 0.25) is 0 Å². The lowest BCUT2D eigenvalue weighted by atomic mass is 10.1. The van der Waals surface area contributed by atoms with Crippen LogP contribution in [0.15, 0.2) is 29.2 Å². The number of alkyl halides is 1. The molecule has 0 N–H and O–H groups in total. The molecule has 0 saturated carbocycles. The Hall–Kier alpha value is -0.780. The van der Waals surface area contributed by atoms with Gasteiger partial charge in [-0.25, -0.2) is 8.42 Å². The highest BCUT2D eigenvalue weighted by molar-refractivity contribution is 7.91. The van der Waals surface area contributed by atoms with Crippen LogP contribution >= 0.6 is 11.6 Å². The second kappa shape index (κ2) is 6.33. The van der Waals surface area contributed by atoms with Crippen LogP contribution in [0.3, 0.4) is 0 Å². The van der Waals surface area contributed by atoms with Gasteiger partial charge in [0.25, 0.3) is 0 Å². The van der Waals surface area contributed by atoms with Crippen LogP contribution in [-0.4, -0.2) is 45.3 Å². The lowest BCUT2D eigenvalue weighted by molar-refractivity contribution is 0.0362. The van der Waals surface area contributed by atoms with Gasteiger partial charge in [0, 0.05) is 12.6 Å². The van der Waals surface area contributed by atoms with E-state index < -0.39 is 9.84 Å². The van der Waals surface area contributed by atoms with Crippen LogP contribution in [-0.2, 0) is 14.6 Å². The first-order chi connectivity index (χ1) is 9.49. The number of ether oxygens (including phenoxy) is 1. The molecule has 1 aromatic carbocycles. The Morgan fingerprint density at radius 3 is 2.75 bits per heavy atom. The van der Waals surface area contributed by atoms with Crippen molar-refractivity contribution in [3.63, 3.8) is 0 Å². The van der Waals surface area contributed by atoms with E-state index in [-0.39, 0.29) is 17.9 Å². The largest absolute Gasteiger partial charge is 0.373 e. The van der Waals surface area contributed by atoms with Gasteiger partial charge in [0.15, 0.2) is 9.84 Å². The van der Waals surface area contributed by atoms with Crippen molar-refractivity contribution in [3.05, 3.63) is 24.3 Å². The Balaban J connectivity index is 2.41. The summed E-state index contributed by atoms with van der Waals surface area (Å²) in [6.07, 6.45) is -0.0646. The molecule has 0 spiro atoms. The maximum atomic E-state index is 12.2. The Morgan fingerprint density at radius 1 is 1.40 bits per heavy atom. The molecular formula is C14H20ClNO3S. The molecule has 2 atom stereocenters. The monoisotopic (exact) mass is 317 g/mol. The predicted octanol–water partition coefficient (Wildman–Crippen LogP) is 2.31. The van der Waals surface area contributed by atoms with Crippen LogP contribution in [0, 0.1) is 0 Å². The third kappa shape index (κ3) is 3.10. The quantitative estimate of drug-likeness (QED) is 0.800. The summed E-state index contributed by atoms with van der Waals surface area (Å²) in [5.74, 6) is 0.508. The fourth-order valence-corrected chi connectivity index (χ4v) is 3.65. The van der Waals surface area contributed by atoms with E-state index in [2.05, 4.69) is 4.90 Å². The minimum atomic E-state index is -3.24. The fourth-order valence-electron chi connectivity index (χ4n) is 2.36. The fraction of sp³-hybridized carbons (Fsp3) is 0.571. The molecule has 4 nitrogen and oxygen atoms in total. The number of nitrogens with zero attached hydrogens (tertiary/aromatic N) is 1. The van der Waals surface area contributed by atoms with Gasteiger partial charge in [-0.05, 0) is 19.1 Å². The van der Waals surface area contributed by atoms with Gasteiger partial charge >= 0.3 is 0 Å². The summed E-state index contributed by atoms with van der Waals surface area (Å²) < 4.78 is 30.1. The molecule has 0 radical (unpaired) electrons. The van der Waals surface area contributed by atoms with Gasteiger partial charge in [-0.1, -0.05) is 19.1 Å². The van der Waals surface area contributed by atoms with Gasteiger partial charge in [0.1, 0.15) is 0 Å². The Bertz CT molecular complexity index is 561. The van der Waals surface area contributed by atoms with E-state index in [1.165, 1.54) is 0 Å². The molecule has 112 valence electrons. The number of benzene rings is 1. The molecule has 2 unspecified atom stereocenters. The van der Waals surface area contributed by atoms with Crippen molar-refractivity contribution in [2.75, 3.05) is 29.7 Å². The van der Waals surface area contributed by atoms with Crippen LogP contribution in [0.25, 0.3) is 0 Å². The number of hydrogen-bond donors (Lipinski definition) is 0. The number of sulfone groups is 1. The third-order valence-electron chi connectivity index (χ3n) is 3.57. The zero-order chi connectivity index (χ0) is 14.8. The smallest absolute Gasteiger partial charge is 0.180 e. The van der Waals surface area contributed by atoms with E-state index in [4.69, 9.17) is 16.3 Å². The molecule has 1 fully saturated rings. The minimum Gasteiger partial charge on any atom is -0.373 e. The van der Waals surface area contributed by atoms with E-state index >= 15 is 0 Å². The molecule has 1 aromatic rings. The highest BCUT2D eigenvalue weighted by Crippen LogP contribution is 2.29. The topological polar surface area (TPSA) is 46.6 Å². The van der Waals surface area contributed by atoms with Crippen molar-refractivity contribution in [1.82, 2.24) is 0 Å². The number of para-hydroxylation sites is 1. The van der Waals surface area contributed by atoms with Gasteiger partial charge < -0.3 is 9.64 Å². The lowest BCUT2D eigenvalue weighted by Gasteiger charge is -2.39. The molecule has 2 rings (SSSR count). The zero-order valence-electron chi connectivity index (χ0n) is 11.8. The van der Waals surface area contributed by atoms with Crippen LogP contribution < -0.4 is 4.90 Å². The van der Waals surface area contributed by atoms with Crippen LogP contribution in [0.5, 0.6) is 0 Å². The van der Waals surface area contributed by atoms with Crippen molar-refractivity contribution in [2.24, 2.45) is 0 Å². The van der Waals surface area contributed by atoms with E-state index in [0.717, 1.165) is 5.69 Å². The van der Waals surface area contributed by atoms with Crippen LogP contribution in [0.4, 0.5) is 5.69 Å². The van der Waals surface area contributed by atoms with Crippen molar-refractivity contribution >= 4 is 27.1 Å². The first-order valence-electron chi connectivity index (χ1n) is 6.75.